The van der Waals surface area contributed by atoms with Crippen LogP contribution in [0.25, 0.3) is 0 Å². The van der Waals surface area contributed by atoms with E-state index in [-0.39, 0.29) is 6.10 Å². The van der Waals surface area contributed by atoms with E-state index in [0.717, 1.165) is 6.42 Å². The molecule has 1 aliphatic rings. The predicted molar refractivity (Wildman–Crippen MR) is 38.2 cm³/mol. The van der Waals surface area contributed by atoms with Crippen molar-refractivity contribution in [1.82, 2.24) is 0 Å². The predicted octanol–water partition coefficient (Wildman–Crippen LogP) is 1.72. The van der Waals surface area contributed by atoms with Crippen LogP contribution < -0.4 is 0 Å². The zero-order chi connectivity index (χ0) is 7.02. The van der Waals surface area contributed by atoms with Crippen molar-refractivity contribution in [2.45, 2.75) is 33.3 Å². The average Bonchev–Trinajstić information content (AvgIpc) is 1.98. The van der Waals surface area contributed by atoms with E-state index in [4.69, 9.17) is 0 Å². The fourth-order valence-corrected chi connectivity index (χ4v) is 1.34. The Morgan fingerprint density at radius 2 is 1.89 bits per heavy atom. The maximum atomic E-state index is 9.28. The Balaban J connectivity index is 2.79. The second-order valence-corrected chi connectivity index (χ2v) is 3.02. The fraction of sp³-hybridized carbons (Fsp3) is 0.750. The summed E-state index contributed by atoms with van der Waals surface area (Å²) in [6.07, 6.45) is 0.775. The van der Waals surface area contributed by atoms with E-state index >= 15 is 0 Å². The molecule has 0 bridgehead atoms. The third-order valence-corrected chi connectivity index (χ3v) is 2.44. The van der Waals surface area contributed by atoms with Gasteiger partial charge in [0.2, 0.25) is 0 Å². The van der Waals surface area contributed by atoms with Gasteiger partial charge in [-0.3, -0.25) is 0 Å². The monoisotopic (exact) mass is 126 g/mol. The van der Waals surface area contributed by atoms with E-state index in [1.807, 2.05) is 6.92 Å². The van der Waals surface area contributed by atoms with E-state index in [0.29, 0.717) is 5.92 Å². The number of hydrogen-bond donors (Lipinski definition) is 1. The minimum Gasteiger partial charge on any atom is -0.389 e. The van der Waals surface area contributed by atoms with Crippen LogP contribution in [-0.4, -0.2) is 11.2 Å². The Hall–Kier alpha value is -0.300. The molecule has 0 aromatic rings. The molecule has 0 spiro atoms. The number of rotatable bonds is 0. The molecule has 0 radical (unpaired) electrons. The van der Waals surface area contributed by atoms with Gasteiger partial charge in [0.25, 0.3) is 0 Å². The Bertz CT molecular complexity index is 131. The molecule has 2 atom stereocenters. The second-order valence-electron chi connectivity index (χ2n) is 3.02. The van der Waals surface area contributed by atoms with Crippen LogP contribution in [-0.2, 0) is 0 Å². The van der Waals surface area contributed by atoms with Crippen LogP contribution in [0, 0.1) is 5.92 Å². The Kier molecular flexibility index (Phi) is 1.62. The molecule has 2 unspecified atom stereocenters. The van der Waals surface area contributed by atoms with Crippen molar-refractivity contribution in [3.63, 3.8) is 0 Å². The quantitative estimate of drug-likeness (QED) is 0.490. The van der Waals surface area contributed by atoms with Gasteiger partial charge in [0, 0.05) is 0 Å². The van der Waals surface area contributed by atoms with Crippen LogP contribution in [0.5, 0.6) is 0 Å². The molecular weight excluding hydrogens is 112 g/mol. The minimum absolute atomic E-state index is 0.153. The van der Waals surface area contributed by atoms with E-state index in [1.165, 1.54) is 11.1 Å². The van der Waals surface area contributed by atoms with Crippen LogP contribution in [0.2, 0.25) is 0 Å². The molecule has 9 heavy (non-hydrogen) atoms. The third-order valence-electron chi connectivity index (χ3n) is 2.44. The highest BCUT2D eigenvalue weighted by molar-refractivity contribution is 5.22. The number of allylic oxidation sites excluding steroid dienone is 1. The van der Waals surface area contributed by atoms with Gasteiger partial charge in [0.1, 0.15) is 0 Å². The van der Waals surface area contributed by atoms with Crippen molar-refractivity contribution in [3.05, 3.63) is 11.1 Å². The van der Waals surface area contributed by atoms with E-state index in [9.17, 15) is 5.11 Å². The van der Waals surface area contributed by atoms with E-state index in [2.05, 4.69) is 13.8 Å². The van der Waals surface area contributed by atoms with Crippen molar-refractivity contribution >= 4 is 0 Å². The molecule has 0 amide bonds. The zero-order valence-electron chi connectivity index (χ0n) is 6.31. The lowest BCUT2D eigenvalue weighted by molar-refractivity contribution is 0.202. The maximum Gasteiger partial charge on any atom is 0.0755 e. The molecule has 0 saturated heterocycles. The summed E-state index contributed by atoms with van der Waals surface area (Å²) in [5.41, 5.74) is 2.56. The molecule has 52 valence electrons. The molecule has 1 rings (SSSR count). The third kappa shape index (κ3) is 1.01. The van der Waals surface area contributed by atoms with Crippen molar-refractivity contribution in [1.29, 1.82) is 0 Å². The summed E-state index contributed by atoms with van der Waals surface area (Å²) in [6.45, 7) is 6.29. The molecular formula is C8H14O. The van der Waals surface area contributed by atoms with Gasteiger partial charge in [-0.05, 0) is 31.8 Å². The second kappa shape index (κ2) is 2.14. The largest absolute Gasteiger partial charge is 0.389 e. The average molecular weight is 126 g/mol. The first-order chi connectivity index (χ1) is 4.13. The van der Waals surface area contributed by atoms with Gasteiger partial charge in [0.15, 0.2) is 0 Å². The zero-order valence-corrected chi connectivity index (χ0v) is 6.31. The number of hydrogen-bond acceptors (Lipinski definition) is 1. The highest BCUT2D eigenvalue weighted by Gasteiger charge is 2.22. The summed E-state index contributed by atoms with van der Waals surface area (Å²) in [5.74, 6) is 0.597. The summed E-state index contributed by atoms with van der Waals surface area (Å²) in [7, 11) is 0. The highest BCUT2D eigenvalue weighted by Crippen LogP contribution is 2.30. The molecule has 0 aromatic carbocycles. The first-order valence-corrected chi connectivity index (χ1v) is 3.48. The van der Waals surface area contributed by atoms with Crippen molar-refractivity contribution < 1.29 is 5.11 Å². The van der Waals surface area contributed by atoms with Crippen LogP contribution in [0.15, 0.2) is 11.1 Å². The lowest BCUT2D eigenvalue weighted by Crippen LogP contribution is -2.02. The van der Waals surface area contributed by atoms with Gasteiger partial charge in [-0.15, -0.1) is 0 Å². The molecule has 0 fully saturated rings. The topological polar surface area (TPSA) is 20.2 Å². The van der Waals surface area contributed by atoms with Crippen LogP contribution in [0.1, 0.15) is 27.2 Å². The van der Waals surface area contributed by atoms with Crippen LogP contribution >= 0.6 is 0 Å². The molecule has 0 aliphatic heterocycles. The summed E-state index contributed by atoms with van der Waals surface area (Å²) in [5, 5.41) is 9.28. The summed E-state index contributed by atoms with van der Waals surface area (Å²) in [4.78, 5) is 0. The van der Waals surface area contributed by atoms with Gasteiger partial charge in [-0.2, -0.15) is 0 Å². The molecule has 1 aliphatic carbocycles. The van der Waals surface area contributed by atoms with E-state index < -0.39 is 0 Å². The summed E-state index contributed by atoms with van der Waals surface area (Å²) >= 11 is 0. The molecule has 0 heterocycles. The van der Waals surface area contributed by atoms with Gasteiger partial charge in [-0.1, -0.05) is 12.5 Å². The first-order valence-electron chi connectivity index (χ1n) is 3.48. The lowest BCUT2D eigenvalue weighted by Gasteiger charge is -2.01. The standard InChI is InChI=1S/C8H14O/c1-5-4-8(9)7(3)6(5)2/h5,8-9H,4H2,1-3H3. The number of aliphatic hydroxyl groups excluding tert-OH is 1. The van der Waals surface area contributed by atoms with Gasteiger partial charge in [0.05, 0.1) is 6.10 Å². The maximum absolute atomic E-state index is 9.28. The van der Waals surface area contributed by atoms with Gasteiger partial charge >= 0.3 is 0 Å². The van der Waals surface area contributed by atoms with Gasteiger partial charge in [-0.25, -0.2) is 0 Å². The summed E-state index contributed by atoms with van der Waals surface area (Å²) in [6, 6.07) is 0. The molecule has 0 saturated carbocycles. The fourth-order valence-electron chi connectivity index (χ4n) is 1.34. The van der Waals surface area contributed by atoms with Crippen molar-refractivity contribution in [2.75, 3.05) is 0 Å². The normalized spacial score (nSPS) is 36.0. The number of aliphatic hydroxyl groups is 1. The van der Waals surface area contributed by atoms with E-state index in [1.54, 1.807) is 0 Å². The summed E-state index contributed by atoms with van der Waals surface area (Å²) < 4.78 is 0. The Morgan fingerprint density at radius 1 is 1.33 bits per heavy atom. The molecule has 1 nitrogen and oxygen atoms in total. The van der Waals surface area contributed by atoms with Crippen molar-refractivity contribution in [3.8, 4) is 0 Å². The molecule has 1 heteroatoms. The van der Waals surface area contributed by atoms with Crippen LogP contribution in [0.3, 0.4) is 0 Å². The molecule has 0 aromatic heterocycles. The lowest BCUT2D eigenvalue weighted by atomic mass is 10.1. The SMILES string of the molecule is CC1=C(C)C(O)CC1C. The Morgan fingerprint density at radius 3 is 2.00 bits per heavy atom. The smallest absolute Gasteiger partial charge is 0.0755 e. The van der Waals surface area contributed by atoms with Crippen LogP contribution in [0.4, 0.5) is 0 Å². The van der Waals surface area contributed by atoms with Crippen molar-refractivity contribution in [2.24, 2.45) is 5.92 Å². The Labute approximate surface area is 56.4 Å². The highest BCUT2D eigenvalue weighted by atomic mass is 16.3. The minimum atomic E-state index is -0.153. The first kappa shape index (κ1) is 6.81. The molecule has 1 N–H and O–H groups in total. The van der Waals surface area contributed by atoms with Gasteiger partial charge < -0.3 is 5.11 Å².